The zero-order chi connectivity index (χ0) is 10.6. The van der Waals surface area contributed by atoms with Crippen LogP contribution in [-0.2, 0) is 0 Å². The first-order chi connectivity index (χ1) is 6.63. The van der Waals surface area contributed by atoms with Crippen molar-refractivity contribution < 1.29 is 0 Å². The van der Waals surface area contributed by atoms with E-state index >= 15 is 0 Å². The van der Waals surface area contributed by atoms with Gasteiger partial charge in [-0.2, -0.15) is 0 Å². The van der Waals surface area contributed by atoms with Gasteiger partial charge in [0.25, 0.3) is 0 Å². The van der Waals surface area contributed by atoms with Crippen LogP contribution in [0, 0.1) is 6.92 Å². The van der Waals surface area contributed by atoms with Crippen LogP contribution < -0.4 is 5.32 Å². The molecular formula is C11H18N2S. The lowest BCUT2D eigenvalue weighted by Crippen LogP contribution is -2.27. The molecule has 1 aromatic rings. The summed E-state index contributed by atoms with van der Waals surface area (Å²) < 4.78 is 0. The number of nitrogens with one attached hydrogen (secondary N) is 1. The van der Waals surface area contributed by atoms with Gasteiger partial charge in [0.1, 0.15) is 0 Å². The van der Waals surface area contributed by atoms with E-state index in [4.69, 9.17) is 0 Å². The summed E-state index contributed by atoms with van der Waals surface area (Å²) in [5.41, 5.74) is 0. The Morgan fingerprint density at radius 2 is 2.36 bits per heavy atom. The summed E-state index contributed by atoms with van der Waals surface area (Å²) >= 11 is 1.76. The first-order valence-electron chi connectivity index (χ1n) is 4.92. The van der Waals surface area contributed by atoms with Crippen molar-refractivity contribution in [3.8, 4) is 0 Å². The van der Waals surface area contributed by atoms with E-state index < -0.39 is 0 Å². The fourth-order valence-electron chi connectivity index (χ4n) is 1.40. The molecule has 1 N–H and O–H groups in total. The molecule has 78 valence electrons. The molecule has 0 fully saturated rings. The average molecular weight is 210 g/mol. The van der Waals surface area contributed by atoms with Crippen molar-refractivity contribution in [2.45, 2.75) is 39.3 Å². The Bertz CT molecular complexity index is 293. The van der Waals surface area contributed by atoms with E-state index in [-0.39, 0.29) is 0 Å². The maximum Gasteiger partial charge on any atom is 0.0897 e. The molecule has 0 saturated carbocycles. The third kappa shape index (κ3) is 3.24. The zero-order valence-corrected chi connectivity index (χ0v) is 9.90. The highest BCUT2D eigenvalue weighted by atomic mass is 32.1. The first kappa shape index (κ1) is 11.4. The molecule has 0 spiro atoms. The normalized spacial score (nSPS) is 15.1. The molecule has 1 rings (SSSR count). The number of aryl methyl sites for hydroxylation is 1. The van der Waals surface area contributed by atoms with Crippen molar-refractivity contribution in [2.24, 2.45) is 0 Å². The first-order valence-corrected chi connectivity index (χ1v) is 5.74. The summed E-state index contributed by atoms with van der Waals surface area (Å²) in [6, 6.07) is 0.862. The van der Waals surface area contributed by atoms with Crippen molar-refractivity contribution in [3.05, 3.63) is 28.7 Å². The Hall–Kier alpha value is -0.670. The minimum absolute atomic E-state index is 0.385. The van der Waals surface area contributed by atoms with Gasteiger partial charge in [0.15, 0.2) is 0 Å². The molecule has 0 amide bonds. The molecule has 3 heteroatoms. The Morgan fingerprint density at radius 1 is 1.64 bits per heavy atom. The molecule has 0 aliphatic rings. The highest BCUT2D eigenvalue weighted by Crippen LogP contribution is 2.20. The van der Waals surface area contributed by atoms with E-state index in [1.165, 1.54) is 4.88 Å². The Balaban J connectivity index is 2.49. The van der Waals surface area contributed by atoms with E-state index in [0.29, 0.717) is 12.1 Å². The van der Waals surface area contributed by atoms with Gasteiger partial charge in [-0.1, -0.05) is 6.08 Å². The molecule has 0 aromatic carbocycles. The molecule has 0 bridgehead atoms. The van der Waals surface area contributed by atoms with Crippen LogP contribution in [-0.4, -0.2) is 11.0 Å². The van der Waals surface area contributed by atoms with Crippen molar-refractivity contribution in [2.75, 3.05) is 0 Å². The van der Waals surface area contributed by atoms with E-state index in [1.54, 1.807) is 11.3 Å². The van der Waals surface area contributed by atoms with Gasteiger partial charge in [-0.3, -0.25) is 0 Å². The Labute approximate surface area is 90.1 Å². The number of nitrogens with zero attached hydrogens (tertiary/aromatic N) is 1. The third-order valence-electron chi connectivity index (χ3n) is 2.12. The average Bonchev–Trinajstić information content (AvgIpc) is 2.52. The van der Waals surface area contributed by atoms with E-state index in [2.05, 4.69) is 30.7 Å². The van der Waals surface area contributed by atoms with Crippen molar-refractivity contribution >= 4 is 11.3 Å². The van der Waals surface area contributed by atoms with Crippen LogP contribution in [0.2, 0.25) is 0 Å². The van der Waals surface area contributed by atoms with Crippen LogP contribution in [0.5, 0.6) is 0 Å². The topological polar surface area (TPSA) is 24.9 Å². The highest BCUT2D eigenvalue weighted by Gasteiger charge is 2.10. The summed E-state index contributed by atoms with van der Waals surface area (Å²) in [6.07, 6.45) is 4.91. The quantitative estimate of drug-likeness (QED) is 0.755. The van der Waals surface area contributed by atoms with Gasteiger partial charge in [0.05, 0.1) is 5.01 Å². The molecule has 0 radical (unpaired) electrons. The summed E-state index contributed by atoms with van der Waals surface area (Å²) in [5.74, 6) is 0. The molecule has 0 aliphatic carbocycles. The van der Waals surface area contributed by atoms with Crippen LogP contribution in [0.25, 0.3) is 0 Å². The number of rotatable bonds is 5. The molecule has 1 aromatic heterocycles. The van der Waals surface area contributed by atoms with Crippen molar-refractivity contribution in [1.82, 2.24) is 10.3 Å². The molecule has 2 nitrogen and oxygen atoms in total. The standard InChI is InChI=1S/C11H18N2S/c1-5-6-8(2)13-9(3)11-7-12-10(4)14-11/h5,7-9,13H,1,6H2,2-4H3. The summed E-state index contributed by atoms with van der Waals surface area (Å²) in [6.45, 7) is 10.1. The third-order valence-corrected chi connectivity index (χ3v) is 3.22. The minimum atomic E-state index is 0.385. The molecule has 2 unspecified atom stereocenters. The number of hydrogen-bond donors (Lipinski definition) is 1. The van der Waals surface area contributed by atoms with Gasteiger partial charge in [-0.05, 0) is 27.2 Å². The van der Waals surface area contributed by atoms with Gasteiger partial charge in [-0.15, -0.1) is 17.9 Å². The predicted molar refractivity (Wildman–Crippen MR) is 62.7 cm³/mol. The number of thiazole rings is 1. The SMILES string of the molecule is C=CCC(C)NC(C)c1cnc(C)s1. The molecule has 14 heavy (non-hydrogen) atoms. The number of hydrogen-bond acceptors (Lipinski definition) is 3. The fourth-order valence-corrected chi connectivity index (χ4v) is 2.20. The molecule has 0 aliphatic heterocycles. The van der Waals surface area contributed by atoms with E-state index in [1.807, 2.05) is 19.2 Å². The zero-order valence-electron chi connectivity index (χ0n) is 9.08. The van der Waals surface area contributed by atoms with Crippen LogP contribution in [0.4, 0.5) is 0 Å². The minimum Gasteiger partial charge on any atom is -0.307 e. The predicted octanol–water partition coefficient (Wildman–Crippen LogP) is 3.07. The van der Waals surface area contributed by atoms with Gasteiger partial charge in [0, 0.05) is 23.2 Å². The van der Waals surface area contributed by atoms with Crippen molar-refractivity contribution in [1.29, 1.82) is 0 Å². The summed E-state index contributed by atoms with van der Waals surface area (Å²) in [5, 5.41) is 4.64. The van der Waals surface area contributed by atoms with E-state index in [9.17, 15) is 0 Å². The van der Waals surface area contributed by atoms with Gasteiger partial charge >= 0.3 is 0 Å². The Morgan fingerprint density at radius 3 is 2.86 bits per heavy atom. The van der Waals surface area contributed by atoms with Gasteiger partial charge < -0.3 is 5.32 Å². The molecule has 0 saturated heterocycles. The Kier molecular flexibility index (Phi) is 4.29. The second-order valence-electron chi connectivity index (χ2n) is 3.60. The van der Waals surface area contributed by atoms with Crippen LogP contribution in [0.15, 0.2) is 18.9 Å². The second-order valence-corrected chi connectivity index (χ2v) is 4.86. The second kappa shape index (κ2) is 5.27. The lowest BCUT2D eigenvalue weighted by atomic mass is 10.2. The van der Waals surface area contributed by atoms with Crippen LogP contribution in [0.1, 0.15) is 36.2 Å². The smallest absolute Gasteiger partial charge is 0.0897 e. The maximum atomic E-state index is 4.25. The number of aromatic nitrogens is 1. The largest absolute Gasteiger partial charge is 0.307 e. The lowest BCUT2D eigenvalue weighted by molar-refractivity contribution is 0.487. The molecule has 1 heterocycles. The van der Waals surface area contributed by atoms with Crippen LogP contribution >= 0.6 is 11.3 Å². The lowest BCUT2D eigenvalue weighted by Gasteiger charge is -2.17. The van der Waals surface area contributed by atoms with Gasteiger partial charge in [0.2, 0.25) is 0 Å². The van der Waals surface area contributed by atoms with E-state index in [0.717, 1.165) is 11.4 Å². The molecule has 2 atom stereocenters. The molecular weight excluding hydrogens is 192 g/mol. The fraction of sp³-hybridized carbons (Fsp3) is 0.545. The van der Waals surface area contributed by atoms with Crippen LogP contribution in [0.3, 0.4) is 0 Å². The van der Waals surface area contributed by atoms with Gasteiger partial charge in [-0.25, -0.2) is 4.98 Å². The summed E-state index contributed by atoms with van der Waals surface area (Å²) in [4.78, 5) is 5.55. The monoisotopic (exact) mass is 210 g/mol. The highest BCUT2D eigenvalue weighted by molar-refractivity contribution is 7.11. The van der Waals surface area contributed by atoms with Crippen molar-refractivity contribution in [3.63, 3.8) is 0 Å². The summed E-state index contributed by atoms with van der Waals surface area (Å²) in [7, 11) is 0. The maximum absolute atomic E-state index is 4.25.